The van der Waals surface area contributed by atoms with Crippen LogP contribution in [0.25, 0.3) is 0 Å². The maximum Gasteiger partial charge on any atom is 0.418 e. The molecular formula is C15H20F3N3O4S. The molecule has 2 N–H and O–H groups in total. The third-order valence-corrected chi connectivity index (χ3v) is 5.94. The fourth-order valence-corrected chi connectivity index (χ4v) is 3.68. The monoisotopic (exact) mass is 395 g/mol. The summed E-state index contributed by atoms with van der Waals surface area (Å²) in [4.78, 5) is 12.1. The van der Waals surface area contributed by atoms with E-state index in [0.717, 1.165) is 16.4 Å². The Morgan fingerprint density at radius 2 is 1.92 bits per heavy atom. The molecule has 0 aromatic heterocycles. The minimum atomic E-state index is -4.61. The van der Waals surface area contributed by atoms with E-state index in [4.69, 9.17) is 4.74 Å². The number of halogens is 3. The van der Waals surface area contributed by atoms with Crippen molar-refractivity contribution in [1.29, 1.82) is 0 Å². The molecule has 1 fully saturated rings. The highest BCUT2D eigenvalue weighted by molar-refractivity contribution is 7.89. The summed E-state index contributed by atoms with van der Waals surface area (Å²) in [5.74, 6) is -0.726. The number of rotatable bonds is 5. The summed E-state index contributed by atoms with van der Waals surface area (Å²) in [6, 6.07) is 3.11. The number of amides is 2. The van der Waals surface area contributed by atoms with E-state index >= 15 is 0 Å². The highest BCUT2D eigenvalue weighted by Crippen LogP contribution is 2.34. The van der Waals surface area contributed by atoms with Gasteiger partial charge in [-0.25, -0.2) is 17.5 Å². The first-order chi connectivity index (χ1) is 12.0. The SMILES string of the molecule is CN(C)S(=O)(=O)C[C@@H]1COC[C@@H]1NC(=O)Nc1ccccc1C(F)(F)F. The lowest BCUT2D eigenvalue weighted by molar-refractivity contribution is -0.136. The van der Waals surface area contributed by atoms with Crippen molar-refractivity contribution in [1.82, 2.24) is 9.62 Å². The van der Waals surface area contributed by atoms with E-state index in [1.54, 1.807) is 0 Å². The summed E-state index contributed by atoms with van der Waals surface area (Å²) in [7, 11) is -0.708. The van der Waals surface area contributed by atoms with Gasteiger partial charge in [0.1, 0.15) is 0 Å². The zero-order valence-corrected chi connectivity index (χ0v) is 15.0. The first-order valence-corrected chi connectivity index (χ1v) is 9.33. The number of para-hydroxylation sites is 1. The number of ether oxygens (including phenoxy) is 1. The fraction of sp³-hybridized carbons (Fsp3) is 0.533. The smallest absolute Gasteiger partial charge is 0.379 e. The number of carbonyl (C=O) groups is 1. The minimum absolute atomic E-state index is 0.0853. The molecule has 1 aromatic rings. The van der Waals surface area contributed by atoms with Crippen molar-refractivity contribution >= 4 is 21.7 Å². The van der Waals surface area contributed by atoms with Gasteiger partial charge in [-0.1, -0.05) is 12.1 Å². The van der Waals surface area contributed by atoms with Gasteiger partial charge in [0.05, 0.1) is 36.3 Å². The third kappa shape index (κ3) is 5.08. The van der Waals surface area contributed by atoms with Crippen LogP contribution in [-0.2, 0) is 20.9 Å². The zero-order chi connectivity index (χ0) is 19.5. The molecule has 0 saturated carbocycles. The molecule has 2 rings (SSSR count). The first-order valence-electron chi connectivity index (χ1n) is 7.72. The second kappa shape index (κ2) is 7.80. The quantitative estimate of drug-likeness (QED) is 0.795. The highest BCUT2D eigenvalue weighted by atomic mass is 32.2. The number of hydrogen-bond acceptors (Lipinski definition) is 4. The molecule has 0 unspecified atom stereocenters. The molecule has 0 aliphatic carbocycles. The van der Waals surface area contributed by atoms with E-state index in [-0.39, 0.29) is 24.7 Å². The van der Waals surface area contributed by atoms with E-state index < -0.39 is 39.8 Å². The van der Waals surface area contributed by atoms with Crippen LogP contribution in [0.2, 0.25) is 0 Å². The largest absolute Gasteiger partial charge is 0.418 e. The Balaban J connectivity index is 2.04. The Morgan fingerprint density at radius 3 is 2.54 bits per heavy atom. The van der Waals surface area contributed by atoms with Crippen molar-refractivity contribution < 1.29 is 31.1 Å². The summed E-state index contributed by atoms with van der Waals surface area (Å²) < 4.78 is 69.1. The van der Waals surface area contributed by atoms with E-state index in [9.17, 15) is 26.4 Å². The van der Waals surface area contributed by atoms with Crippen LogP contribution in [0.15, 0.2) is 24.3 Å². The van der Waals surface area contributed by atoms with E-state index in [1.165, 1.54) is 26.2 Å². The van der Waals surface area contributed by atoms with Gasteiger partial charge in [-0.15, -0.1) is 0 Å². The number of carbonyl (C=O) groups excluding carboxylic acids is 1. The molecule has 1 aliphatic heterocycles. The Kier molecular flexibility index (Phi) is 6.14. The lowest BCUT2D eigenvalue weighted by atomic mass is 10.1. The molecule has 146 valence electrons. The summed E-state index contributed by atoms with van der Waals surface area (Å²) in [6.45, 7) is 0.221. The second-order valence-electron chi connectivity index (χ2n) is 6.11. The van der Waals surface area contributed by atoms with Gasteiger partial charge in [0, 0.05) is 20.0 Å². The van der Waals surface area contributed by atoms with Crippen LogP contribution in [0.4, 0.5) is 23.7 Å². The summed E-state index contributed by atoms with van der Waals surface area (Å²) in [6.07, 6.45) is -4.61. The number of nitrogens with one attached hydrogen (secondary N) is 2. The van der Waals surface area contributed by atoms with Crippen molar-refractivity contribution in [2.75, 3.05) is 38.4 Å². The van der Waals surface area contributed by atoms with Gasteiger partial charge in [-0.3, -0.25) is 0 Å². The topological polar surface area (TPSA) is 87.7 Å². The standard InChI is InChI=1S/C15H20F3N3O4S/c1-21(2)26(23,24)9-10-7-25-8-13(10)20-14(22)19-12-6-4-3-5-11(12)15(16,17)18/h3-6,10,13H,7-9H2,1-2H3,(H2,19,20,22)/t10-,13-/m0/s1. The first kappa shape index (κ1) is 20.5. The molecule has 7 nitrogen and oxygen atoms in total. The Hall–Kier alpha value is -1.85. The molecule has 1 saturated heterocycles. The molecule has 1 aliphatic rings. The molecule has 2 amide bonds. The predicted octanol–water partition coefficient (Wildman–Crippen LogP) is 1.73. The van der Waals surface area contributed by atoms with Crippen LogP contribution in [0.1, 0.15) is 5.56 Å². The Labute approximate surface area is 149 Å². The maximum atomic E-state index is 13.0. The van der Waals surface area contributed by atoms with Gasteiger partial charge < -0.3 is 15.4 Å². The number of urea groups is 1. The van der Waals surface area contributed by atoms with E-state index in [1.807, 2.05) is 0 Å². The average molecular weight is 395 g/mol. The van der Waals surface area contributed by atoms with Crippen molar-refractivity contribution in [2.24, 2.45) is 5.92 Å². The van der Waals surface area contributed by atoms with Crippen LogP contribution in [-0.4, -0.2) is 57.9 Å². The number of anilines is 1. The molecule has 1 aromatic carbocycles. The molecule has 2 atom stereocenters. The van der Waals surface area contributed by atoms with Gasteiger partial charge in [-0.05, 0) is 12.1 Å². The van der Waals surface area contributed by atoms with Gasteiger partial charge in [-0.2, -0.15) is 13.2 Å². The second-order valence-corrected chi connectivity index (χ2v) is 8.33. The Bertz CT molecular complexity index is 753. The molecule has 26 heavy (non-hydrogen) atoms. The molecule has 0 spiro atoms. The van der Waals surface area contributed by atoms with Gasteiger partial charge in [0.25, 0.3) is 0 Å². The highest BCUT2D eigenvalue weighted by Gasteiger charge is 2.36. The van der Waals surface area contributed by atoms with Crippen LogP contribution >= 0.6 is 0 Å². The van der Waals surface area contributed by atoms with E-state index in [0.29, 0.717) is 0 Å². The van der Waals surface area contributed by atoms with Crippen molar-refractivity contribution in [2.45, 2.75) is 12.2 Å². The van der Waals surface area contributed by atoms with Gasteiger partial charge >= 0.3 is 12.2 Å². The fourth-order valence-electron chi connectivity index (χ4n) is 2.51. The normalized spacial score (nSPS) is 21.0. The predicted molar refractivity (Wildman–Crippen MR) is 89.2 cm³/mol. The van der Waals surface area contributed by atoms with Crippen LogP contribution < -0.4 is 10.6 Å². The van der Waals surface area contributed by atoms with Gasteiger partial charge in [0.2, 0.25) is 10.0 Å². The minimum Gasteiger partial charge on any atom is -0.379 e. The van der Waals surface area contributed by atoms with Crippen LogP contribution in [0.3, 0.4) is 0 Å². The Morgan fingerprint density at radius 1 is 1.27 bits per heavy atom. The van der Waals surface area contributed by atoms with Crippen LogP contribution in [0, 0.1) is 5.92 Å². The number of benzene rings is 1. The van der Waals surface area contributed by atoms with Gasteiger partial charge in [0.15, 0.2) is 0 Å². The van der Waals surface area contributed by atoms with E-state index in [2.05, 4.69) is 10.6 Å². The van der Waals surface area contributed by atoms with Crippen molar-refractivity contribution in [3.05, 3.63) is 29.8 Å². The number of hydrogen-bond donors (Lipinski definition) is 2. The number of nitrogens with zero attached hydrogens (tertiary/aromatic N) is 1. The lowest BCUT2D eigenvalue weighted by Crippen LogP contribution is -2.45. The third-order valence-electron chi connectivity index (χ3n) is 3.98. The molecule has 0 radical (unpaired) electrons. The lowest BCUT2D eigenvalue weighted by Gasteiger charge is -2.21. The van der Waals surface area contributed by atoms with Crippen molar-refractivity contribution in [3.8, 4) is 0 Å². The van der Waals surface area contributed by atoms with Crippen LogP contribution in [0.5, 0.6) is 0 Å². The summed E-state index contributed by atoms with van der Waals surface area (Å²) in [5, 5.41) is 4.66. The molecule has 11 heteroatoms. The summed E-state index contributed by atoms with van der Waals surface area (Å²) >= 11 is 0. The zero-order valence-electron chi connectivity index (χ0n) is 14.2. The number of sulfonamides is 1. The maximum absolute atomic E-state index is 13.0. The molecule has 0 bridgehead atoms. The average Bonchev–Trinajstić information content (AvgIpc) is 2.92. The van der Waals surface area contributed by atoms with Crippen molar-refractivity contribution in [3.63, 3.8) is 0 Å². The molecule has 1 heterocycles. The summed E-state index contributed by atoms with van der Waals surface area (Å²) in [5.41, 5.74) is -1.35. The molecular weight excluding hydrogens is 375 g/mol. The number of alkyl halides is 3.